The predicted octanol–water partition coefficient (Wildman–Crippen LogP) is 0.0143. The molecule has 0 aromatic carbocycles. The zero-order chi connectivity index (χ0) is 9.40. The van der Waals surface area contributed by atoms with Crippen LogP contribution in [0.5, 0.6) is 0 Å². The maximum Gasteiger partial charge on any atom is 0.234 e. The van der Waals surface area contributed by atoms with E-state index in [2.05, 4.69) is 10.6 Å². The summed E-state index contributed by atoms with van der Waals surface area (Å²) in [6.45, 7) is 4.68. The number of amides is 1. The molecule has 0 bridgehead atoms. The molecule has 68 valence electrons. The summed E-state index contributed by atoms with van der Waals surface area (Å²) >= 11 is 0. The largest absolute Gasteiger partial charge is 0.353 e. The topological polar surface area (TPSA) is 64.9 Å². The number of carbonyl (C=O) groups is 1. The third-order valence-electron chi connectivity index (χ3n) is 1.15. The van der Waals surface area contributed by atoms with Crippen LogP contribution < -0.4 is 10.6 Å². The minimum Gasteiger partial charge on any atom is -0.353 e. The van der Waals surface area contributed by atoms with Crippen LogP contribution >= 0.6 is 0 Å². The van der Waals surface area contributed by atoms with E-state index in [1.807, 2.05) is 19.9 Å². The maximum atomic E-state index is 11.0. The molecule has 0 aliphatic heterocycles. The first-order chi connectivity index (χ1) is 5.66. The molecule has 0 spiro atoms. The first kappa shape index (κ1) is 10.9. The fourth-order valence-electron chi connectivity index (χ4n) is 0.719. The van der Waals surface area contributed by atoms with Crippen molar-refractivity contribution in [3.05, 3.63) is 0 Å². The summed E-state index contributed by atoms with van der Waals surface area (Å²) < 4.78 is 0. The normalized spacial score (nSPS) is 9.50. The first-order valence-corrected chi connectivity index (χ1v) is 4.04. The summed E-state index contributed by atoms with van der Waals surface area (Å²) in [5.74, 6) is -0.0251. The van der Waals surface area contributed by atoms with Crippen LogP contribution in [0, 0.1) is 11.3 Å². The summed E-state index contributed by atoms with van der Waals surface area (Å²) in [4.78, 5) is 11.0. The number of hydrogen-bond donors (Lipinski definition) is 2. The van der Waals surface area contributed by atoms with E-state index in [9.17, 15) is 4.79 Å². The number of nitrogens with zero attached hydrogens (tertiary/aromatic N) is 1. The summed E-state index contributed by atoms with van der Waals surface area (Å²) in [5, 5.41) is 13.8. The molecule has 0 unspecified atom stereocenters. The average Bonchev–Trinajstić information content (AvgIpc) is 1.97. The average molecular weight is 169 g/mol. The molecule has 0 aromatic heterocycles. The molecule has 0 fully saturated rings. The van der Waals surface area contributed by atoms with Crippen molar-refractivity contribution in [2.24, 2.45) is 0 Å². The van der Waals surface area contributed by atoms with Gasteiger partial charge >= 0.3 is 0 Å². The van der Waals surface area contributed by atoms with Crippen LogP contribution in [0.15, 0.2) is 0 Å². The quantitative estimate of drug-likeness (QED) is 0.570. The Morgan fingerprint density at radius 2 is 2.25 bits per heavy atom. The van der Waals surface area contributed by atoms with E-state index in [0.29, 0.717) is 19.5 Å². The van der Waals surface area contributed by atoms with Crippen LogP contribution in [0.2, 0.25) is 0 Å². The van der Waals surface area contributed by atoms with E-state index >= 15 is 0 Å². The molecule has 0 heterocycles. The van der Waals surface area contributed by atoms with Crippen LogP contribution in [-0.2, 0) is 4.79 Å². The lowest BCUT2D eigenvalue weighted by molar-refractivity contribution is -0.120. The molecule has 0 aliphatic carbocycles. The van der Waals surface area contributed by atoms with Gasteiger partial charge in [-0.15, -0.1) is 0 Å². The van der Waals surface area contributed by atoms with Gasteiger partial charge in [0.2, 0.25) is 5.91 Å². The molecule has 4 nitrogen and oxygen atoms in total. The van der Waals surface area contributed by atoms with Gasteiger partial charge in [-0.1, -0.05) is 0 Å². The molecule has 4 heteroatoms. The molecule has 0 atom stereocenters. The van der Waals surface area contributed by atoms with E-state index < -0.39 is 0 Å². The molecule has 0 saturated heterocycles. The Bertz CT molecular complexity index is 172. The highest BCUT2D eigenvalue weighted by molar-refractivity contribution is 5.78. The van der Waals surface area contributed by atoms with E-state index in [4.69, 9.17) is 5.26 Å². The Kier molecular flexibility index (Phi) is 6.02. The van der Waals surface area contributed by atoms with Crippen molar-refractivity contribution in [2.45, 2.75) is 26.3 Å². The number of hydrogen-bond acceptors (Lipinski definition) is 3. The molecule has 1 amide bonds. The zero-order valence-corrected chi connectivity index (χ0v) is 7.55. The summed E-state index contributed by atoms with van der Waals surface area (Å²) in [5.41, 5.74) is 0. The van der Waals surface area contributed by atoms with Gasteiger partial charge in [0.1, 0.15) is 0 Å². The summed E-state index contributed by atoms with van der Waals surface area (Å²) in [6.07, 6.45) is 0.439. The Morgan fingerprint density at radius 1 is 1.58 bits per heavy atom. The minimum atomic E-state index is -0.0251. The fraction of sp³-hybridized carbons (Fsp3) is 0.750. The van der Waals surface area contributed by atoms with Crippen molar-refractivity contribution in [3.63, 3.8) is 0 Å². The minimum absolute atomic E-state index is 0.0251. The zero-order valence-electron chi connectivity index (χ0n) is 7.55. The second-order valence-electron chi connectivity index (χ2n) is 2.81. The van der Waals surface area contributed by atoms with Gasteiger partial charge in [-0.05, 0) is 13.8 Å². The van der Waals surface area contributed by atoms with Crippen LogP contribution in [0.3, 0.4) is 0 Å². The van der Waals surface area contributed by atoms with Gasteiger partial charge in [0.15, 0.2) is 0 Å². The SMILES string of the molecule is CC(C)NC(=O)CNCCC#N. The Balaban J connectivity index is 3.27. The smallest absolute Gasteiger partial charge is 0.234 e. The number of carbonyl (C=O) groups excluding carboxylic acids is 1. The monoisotopic (exact) mass is 169 g/mol. The van der Waals surface area contributed by atoms with Gasteiger partial charge in [-0.3, -0.25) is 4.79 Å². The van der Waals surface area contributed by atoms with E-state index in [-0.39, 0.29) is 11.9 Å². The molecule has 0 aromatic rings. The number of nitriles is 1. The molecule has 12 heavy (non-hydrogen) atoms. The van der Waals surface area contributed by atoms with E-state index in [1.54, 1.807) is 0 Å². The van der Waals surface area contributed by atoms with Gasteiger partial charge in [-0.2, -0.15) is 5.26 Å². The second-order valence-corrected chi connectivity index (χ2v) is 2.81. The van der Waals surface area contributed by atoms with Crippen molar-refractivity contribution in [1.29, 1.82) is 5.26 Å². The molecular weight excluding hydrogens is 154 g/mol. The number of rotatable bonds is 5. The number of nitrogens with one attached hydrogen (secondary N) is 2. The van der Waals surface area contributed by atoms with Crippen LogP contribution in [0.1, 0.15) is 20.3 Å². The molecule has 0 aliphatic rings. The van der Waals surface area contributed by atoms with Crippen LogP contribution in [0.25, 0.3) is 0 Å². The molecule has 0 rings (SSSR count). The highest BCUT2D eigenvalue weighted by Gasteiger charge is 2.00. The molecule has 0 saturated carbocycles. The van der Waals surface area contributed by atoms with Gasteiger partial charge < -0.3 is 10.6 Å². The molecule has 2 N–H and O–H groups in total. The first-order valence-electron chi connectivity index (χ1n) is 4.04. The van der Waals surface area contributed by atoms with Gasteiger partial charge in [-0.25, -0.2) is 0 Å². The van der Waals surface area contributed by atoms with Crippen LogP contribution in [0.4, 0.5) is 0 Å². The highest BCUT2D eigenvalue weighted by atomic mass is 16.1. The fourth-order valence-corrected chi connectivity index (χ4v) is 0.719. The molecule has 0 radical (unpaired) electrons. The standard InChI is InChI=1S/C8H15N3O/c1-7(2)11-8(12)6-10-5-3-4-9/h7,10H,3,5-6H2,1-2H3,(H,11,12). The predicted molar refractivity (Wildman–Crippen MR) is 46.4 cm³/mol. The van der Waals surface area contributed by atoms with Crippen molar-refractivity contribution >= 4 is 5.91 Å². The Morgan fingerprint density at radius 3 is 2.75 bits per heavy atom. The lowest BCUT2D eigenvalue weighted by Gasteiger charge is -2.07. The third kappa shape index (κ3) is 7.03. The summed E-state index contributed by atoms with van der Waals surface area (Å²) in [7, 11) is 0. The molecular formula is C8H15N3O. The second kappa shape index (κ2) is 6.62. The van der Waals surface area contributed by atoms with Crippen molar-refractivity contribution in [1.82, 2.24) is 10.6 Å². The maximum absolute atomic E-state index is 11.0. The van der Waals surface area contributed by atoms with Gasteiger partial charge in [0.25, 0.3) is 0 Å². The highest BCUT2D eigenvalue weighted by Crippen LogP contribution is 1.76. The van der Waals surface area contributed by atoms with Crippen LogP contribution in [-0.4, -0.2) is 25.0 Å². The Hall–Kier alpha value is -1.08. The van der Waals surface area contributed by atoms with E-state index in [0.717, 1.165) is 0 Å². The third-order valence-corrected chi connectivity index (χ3v) is 1.15. The van der Waals surface area contributed by atoms with E-state index in [1.165, 1.54) is 0 Å². The van der Waals surface area contributed by atoms with Crippen molar-refractivity contribution in [3.8, 4) is 6.07 Å². The summed E-state index contributed by atoms with van der Waals surface area (Å²) in [6, 6.07) is 2.16. The lowest BCUT2D eigenvalue weighted by atomic mass is 10.4. The lowest BCUT2D eigenvalue weighted by Crippen LogP contribution is -2.37. The Labute approximate surface area is 72.9 Å². The van der Waals surface area contributed by atoms with Crippen molar-refractivity contribution in [2.75, 3.05) is 13.1 Å². The van der Waals surface area contributed by atoms with Gasteiger partial charge in [0.05, 0.1) is 12.6 Å². The van der Waals surface area contributed by atoms with Gasteiger partial charge in [0, 0.05) is 19.0 Å². The van der Waals surface area contributed by atoms with Crippen molar-refractivity contribution < 1.29 is 4.79 Å².